The number of sulfone groups is 1. The van der Waals surface area contributed by atoms with Gasteiger partial charge in [0.15, 0.2) is 0 Å². The number of rotatable bonds is 5. The van der Waals surface area contributed by atoms with Crippen molar-refractivity contribution < 1.29 is 17.7 Å². The average molecular weight is 302 g/mol. The van der Waals surface area contributed by atoms with Crippen molar-refractivity contribution in [3.8, 4) is 0 Å². The van der Waals surface area contributed by atoms with Crippen molar-refractivity contribution >= 4 is 15.7 Å². The summed E-state index contributed by atoms with van der Waals surface area (Å²) in [7, 11) is -1.60. The molecular weight excluding hydrogens is 284 g/mol. The summed E-state index contributed by atoms with van der Waals surface area (Å²) in [4.78, 5) is 17.4. The number of amides is 1. The fourth-order valence-corrected chi connectivity index (χ4v) is 2.54. The highest BCUT2D eigenvalue weighted by molar-refractivity contribution is 7.90. The topological polar surface area (TPSA) is 105 Å². The van der Waals surface area contributed by atoms with Gasteiger partial charge in [0.05, 0.1) is 11.8 Å². The lowest BCUT2D eigenvalue weighted by Gasteiger charge is -2.13. The highest BCUT2D eigenvalue weighted by atomic mass is 32.2. The Morgan fingerprint density at radius 2 is 2.30 bits per heavy atom. The monoisotopic (exact) mass is 302 g/mol. The molecule has 0 spiro atoms. The van der Waals surface area contributed by atoms with E-state index in [1.54, 1.807) is 0 Å². The van der Waals surface area contributed by atoms with E-state index in [9.17, 15) is 13.2 Å². The Balaban J connectivity index is 1.98. The Labute approximate surface area is 117 Å². The lowest BCUT2D eigenvalue weighted by molar-refractivity contribution is 0.0788. The summed E-state index contributed by atoms with van der Waals surface area (Å²) in [6, 6.07) is 0.00498. The van der Waals surface area contributed by atoms with Gasteiger partial charge in [0.25, 0.3) is 11.7 Å². The molecule has 0 bridgehead atoms. The largest absolute Gasteiger partial charge is 0.338 e. The van der Waals surface area contributed by atoms with Crippen LogP contribution in [0.5, 0.6) is 0 Å². The number of aromatic nitrogens is 2. The number of carbonyl (C=O) groups is 1. The smallest absolute Gasteiger partial charge is 0.295 e. The summed E-state index contributed by atoms with van der Waals surface area (Å²) in [5.41, 5.74) is 0. The number of hydrogen-bond donors (Lipinski definition) is 1. The molecule has 1 aromatic rings. The van der Waals surface area contributed by atoms with Gasteiger partial charge in [-0.2, -0.15) is 4.98 Å². The van der Waals surface area contributed by atoms with Crippen LogP contribution in [-0.4, -0.2) is 61.5 Å². The van der Waals surface area contributed by atoms with Crippen LogP contribution in [0.25, 0.3) is 0 Å². The first-order valence-electron chi connectivity index (χ1n) is 6.37. The van der Waals surface area contributed by atoms with E-state index in [0.29, 0.717) is 5.89 Å². The fourth-order valence-electron chi connectivity index (χ4n) is 1.93. The molecule has 1 unspecified atom stereocenters. The molecule has 0 saturated carbocycles. The minimum absolute atomic E-state index is 0.00498. The quantitative estimate of drug-likeness (QED) is 0.789. The van der Waals surface area contributed by atoms with Gasteiger partial charge < -0.3 is 14.7 Å². The third-order valence-electron chi connectivity index (χ3n) is 3.14. The lowest BCUT2D eigenvalue weighted by atomic mass is 10.2. The Kier molecular flexibility index (Phi) is 4.39. The van der Waals surface area contributed by atoms with E-state index in [0.717, 1.165) is 25.6 Å². The molecule has 8 nitrogen and oxygen atoms in total. The Morgan fingerprint density at radius 1 is 1.55 bits per heavy atom. The standard InChI is InChI=1S/C11H18N4O4S/c1-15(6-7-20(2,17)18)11(16)9-13-10(19-14-9)8-4-3-5-12-8/h8,12H,3-7H2,1-2H3. The van der Waals surface area contributed by atoms with Crippen LogP contribution in [0.2, 0.25) is 0 Å². The van der Waals surface area contributed by atoms with Crippen LogP contribution < -0.4 is 5.32 Å². The third-order valence-corrected chi connectivity index (χ3v) is 4.06. The zero-order valence-electron chi connectivity index (χ0n) is 11.5. The molecule has 1 fully saturated rings. The molecule has 1 amide bonds. The molecule has 1 aromatic heterocycles. The summed E-state index contributed by atoms with van der Waals surface area (Å²) in [5, 5.41) is 6.86. The summed E-state index contributed by atoms with van der Waals surface area (Å²) < 4.78 is 27.2. The Hall–Kier alpha value is -1.48. The first-order chi connectivity index (χ1) is 9.37. The van der Waals surface area contributed by atoms with Crippen molar-refractivity contribution in [3.63, 3.8) is 0 Å². The van der Waals surface area contributed by atoms with Crippen molar-refractivity contribution in [2.24, 2.45) is 0 Å². The average Bonchev–Trinajstić information content (AvgIpc) is 3.03. The highest BCUT2D eigenvalue weighted by Crippen LogP contribution is 2.21. The first kappa shape index (κ1) is 14.9. The second kappa shape index (κ2) is 5.88. The van der Waals surface area contributed by atoms with Gasteiger partial charge in [-0.3, -0.25) is 4.79 Å². The number of carbonyl (C=O) groups excluding carboxylic acids is 1. The first-order valence-corrected chi connectivity index (χ1v) is 8.43. The van der Waals surface area contributed by atoms with Gasteiger partial charge in [0.2, 0.25) is 5.89 Å². The van der Waals surface area contributed by atoms with E-state index in [4.69, 9.17) is 4.52 Å². The predicted molar refractivity (Wildman–Crippen MR) is 70.9 cm³/mol. The molecule has 0 aromatic carbocycles. The van der Waals surface area contributed by atoms with E-state index in [2.05, 4.69) is 15.5 Å². The Bertz CT molecular complexity index is 577. The fraction of sp³-hybridized carbons (Fsp3) is 0.727. The Morgan fingerprint density at radius 3 is 2.90 bits per heavy atom. The van der Waals surface area contributed by atoms with Crippen molar-refractivity contribution in [1.29, 1.82) is 0 Å². The third kappa shape index (κ3) is 3.76. The predicted octanol–water partition coefficient (Wildman–Crippen LogP) is -0.389. The number of hydrogen-bond acceptors (Lipinski definition) is 7. The van der Waals surface area contributed by atoms with Gasteiger partial charge in [-0.25, -0.2) is 8.42 Å². The number of nitrogens with zero attached hydrogens (tertiary/aromatic N) is 3. The summed E-state index contributed by atoms with van der Waals surface area (Å²) in [6.07, 6.45) is 3.06. The van der Waals surface area contributed by atoms with Crippen molar-refractivity contribution in [2.45, 2.75) is 18.9 Å². The molecule has 2 rings (SSSR count). The maximum absolute atomic E-state index is 12.0. The molecule has 1 aliphatic heterocycles. The SMILES string of the molecule is CN(CCS(C)(=O)=O)C(=O)c1noc(C2CCCN2)n1. The van der Waals surface area contributed by atoms with Crippen LogP contribution in [0.3, 0.4) is 0 Å². The molecule has 0 aliphatic carbocycles. The second-order valence-corrected chi connectivity index (χ2v) is 7.22. The summed E-state index contributed by atoms with van der Waals surface area (Å²) in [5.74, 6) is -0.168. The summed E-state index contributed by atoms with van der Waals surface area (Å²) >= 11 is 0. The van der Waals surface area contributed by atoms with Gasteiger partial charge in [-0.15, -0.1) is 0 Å². The minimum Gasteiger partial charge on any atom is -0.338 e. The zero-order chi connectivity index (χ0) is 14.8. The molecule has 20 heavy (non-hydrogen) atoms. The van der Waals surface area contributed by atoms with Crippen molar-refractivity contribution in [1.82, 2.24) is 20.4 Å². The van der Waals surface area contributed by atoms with Gasteiger partial charge in [-0.05, 0) is 19.4 Å². The molecule has 112 valence electrons. The van der Waals surface area contributed by atoms with Gasteiger partial charge in [-0.1, -0.05) is 5.16 Å². The van der Waals surface area contributed by atoms with Crippen molar-refractivity contribution in [3.05, 3.63) is 11.7 Å². The van der Waals surface area contributed by atoms with Crippen LogP contribution in [0, 0.1) is 0 Å². The normalized spacial score (nSPS) is 19.2. The van der Waals surface area contributed by atoms with E-state index < -0.39 is 15.7 Å². The second-order valence-electron chi connectivity index (χ2n) is 4.96. The van der Waals surface area contributed by atoms with E-state index in [1.807, 2.05) is 0 Å². The van der Waals surface area contributed by atoms with E-state index in [1.165, 1.54) is 11.9 Å². The van der Waals surface area contributed by atoms with Crippen LogP contribution in [0.1, 0.15) is 35.4 Å². The lowest BCUT2D eigenvalue weighted by Crippen LogP contribution is -2.32. The maximum Gasteiger partial charge on any atom is 0.295 e. The molecule has 9 heteroatoms. The molecule has 1 saturated heterocycles. The molecule has 1 aliphatic rings. The highest BCUT2D eigenvalue weighted by Gasteiger charge is 2.25. The minimum atomic E-state index is -3.11. The zero-order valence-corrected chi connectivity index (χ0v) is 12.3. The molecule has 0 radical (unpaired) electrons. The van der Waals surface area contributed by atoms with Gasteiger partial charge >= 0.3 is 0 Å². The van der Waals surface area contributed by atoms with Crippen LogP contribution >= 0.6 is 0 Å². The van der Waals surface area contributed by atoms with Gasteiger partial charge in [0.1, 0.15) is 9.84 Å². The molecule has 1 atom stereocenters. The maximum atomic E-state index is 12.0. The van der Waals surface area contributed by atoms with Gasteiger partial charge in [0, 0.05) is 19.8 Å². The molecule has 1 N–H and O–H groups in total. The van der Waals surface area contributed by atoms with E-state index in [-0.39, 0.29) is 24.2 Å². The van der Waals surface area contributed by atoms with Crippen LogP contribution in [0.4, 0.5) is 0 Å². The van der Waals surface area contributed by atoms with Crippen molar-refractivity contribution in [2.75, 3.05) is 32.1 Å². The van der Waals surface area contributed by atoms with E-state index >= 15 is 0 Å². The van der Waals surface area contributed by atoms with Crippen LogP contribution in [-0.2, 0) is 9.84 Å². The molecular formula is C11H18N4O4S. The van der Waals surface area contributed by atoms with Crippen LogP contribution in [0.15, 0.2) is 4.52 Å². The molecule has 2 heterocycles. The number of nitrogens with one attached hydrogen (secondary N) is 1. The summed E-state index contributed by atoms with van der Waals surface area (Å²) in [6.45, 7) is 0.994.